The Morgan fingerprint density at radius 2 is 1.07 bits per heavy atom. The van der Waals surface area contributed by atoms with Crippen molar-refractivity contribution in [1.82, 2.24) is 0 Å². The van der Waals surface area contributed by atoms with E-state index in [9.17, 15) is 0 Å². The molecular formula is C29H28O. The highest BCUT2D eigenvalue weighted by Crippen LogP contribution is 2.27. The van der Waals surface area contributed by atoms with Crippen LogP contribution in [0.15, 0.2) is 103 Å². The van der Waals surface area contributed by atoms with Crippen LogP contribution in [-0.4, -0.2) is 6.61 Å². The molecule has 0 saturated heterocycles. The highest BCUT2D eigenvalue weighted by atomic mass is 16.5. The molecule has 1 heteroatoms. The average molecular weight is 393 g/mol. The van der Waals surface area contributed by atoms with E-state index in [0.29, 0.717) is 12.5 Å². The lowest BCUT2D eigenvalue weighted by atomic mass is 9.92. The van der Waals surface area contributed by atoms with Gasteiger partial charge in [-0.3, -0.25) is 0 Å². The molecule has 0 radical (unpaired) electrons. The van der Waals surface area contributed by atoms with Crippen molar-refractivity contribution in [3.8, 4) is 28.0 Å². The third-order valence-corrected chi connectivity index (χ3v) is 5.58. The molecule has 0 aliphatic rings. The maximum atomic E-state index is 5.53. The van der Waals surface area contributed by atoms with Gasteiger partial charge in [0.1, 0.15) is 5.75 Å². The van der Waals surface area contributed by atoms with Gasteiger partial charge in [0, 0.05) is 0 Å². The normalized spacial score (nSPS) is 11.8. The fraction of sp³-hybridized carbons (Fsp3) is 0.172. The summed E-state index contributed by atoms with van der Waals surface area (Å²) < 4.78 is 5.53. The van der Waals surface area contributed by atoms with Crippen LogP contribution in [0.4, 0.5) is 0 Å². The second-order valence-electron chi connectivity index (χ2n) is 7.75. The van der Waals surface area contributed by atoms with Crippen molar-refractivity contribution in [1.29, 1.82) is 0 Å². The second kappa shape index (κ2) is 9.45. The van der Waals surface area contributed by atoms with Gasteiger partial charge in [-0.05, 0) is 64.8 Å². The zero-order valence-corrected chi connectivity index (χ0v) is 17.7. The van der Waals surface area contributed by atoms with Crippen molar-refractivity contribution >= 4 is 0 Å². The zero-order chi connectivity index (χ0) is 20.8. The fourth-order valence-corrected chi connectivity index (χ4v) is 3.85. The van der Waals surface area contributed by atoms with E-state index >= 15 is 0 Å². The summed E-state index contributed by atoms with van der Waals surface area (Å²) in [5, 5.41) is 0. The molecule has 0 heterocycles. The smallest absolute Gasteiger partial charge is 0.119 e. The Morgan fingerprint density at radius 3 is 1.57 bits per heavy atom. The molecule has 0 aliphatic carbocycles. The molecule has 4 rings (SSSR count). The number of hydrogen-bond donors (Lipinski definition) is 0. The molecule has 0 aromatic heterocycles. The first-order chi connectivity index (χ1) is 14.7. The van der Waals surface area contributed by atoms with Gasteiger partial charge < -0.3 is 4.74 Å². The van der Waals surface area contributed by atoms with Gasteiger partial charge in [-0.15, -0.1) is 0 Å². The van der Waals surface area contributed by atoms with Crippen LogP contribution in [0.3, 0.4) is 0 Å². The minimum Gasteiger partial charge on any atom is -0.494 e. The summed E-state index contributed by atoms with van der Waals surface area (Å²) >= 11 is 0. The van der Waals surface area contributed by atoms with Gasteiger partial charge in [-0.25, -0.2) is 0 Å². The standard InChI is InChI=1S/C29H28O/c1-3-30-29-19-17-28(18-20-29)27-15-13-26(14-16-27)25-11-9-23(10-12-25)21-22(2)24-7-5-4-6-8-24/h4-20,22H,3,21H2,1-2H3/t22-/m1/s1. The van der Waals surface area contributed by atoms with E-state index < -0.39 is 0 Å². The van der Waals surface area contributed by atoms with E-state index in [4.69, 9.17) is 4.74 Å². The van der Waals surface area contributed by atoms with Gasteiger partial charge in [-0.2, -0.15) is 0 Å². The SMILES string of the molecule is CCOc1ccc(-c2ccc(-c3ccc(C[C@@H](C)c4ccccc4)cc3)cc2)cc1. The third-order valence-electron chi connectivity index (χ3n) is 5.58. The van der Waals surface area contributed by atoms with Crippen molar-refractivity contribution < 1.29 is 4.74 Å². The Morgan fingerprint density at radius 1 is 0.600 bits per heavy atom. The molecular weight excluding hydrogens is 364 g/mol. The van der Waals surface area contributed by atoms with Gasteiger partial charge in [0.05, 0.1) is 6.61 Å². The monoisotopic (exact) mass is 392 g/mol. The predicted molar refractivity (Wildman–Crippen MR) is 127 cm³/mol. The van der Waals surface area contributed by atoms with Crippen LogP contribution in [0, 0.1) is 0 Å². The van der Waals surface area contributed by atoms with E-state index in [-0.39, 0.29) is 0 Å². The number of rotatable bonds is 7. The average Bonchev–Trinajstić information content (AvgIpc) is 2.81. The Balaban J connectivity index is 1.44. The van der Waals surface area contributed by atoms with Crippen LogP contribution in [0.2, 0.25) is 0 Å². The minimum atomic E-state index is 0.519. The van der Waals surface area contributed by atoms with Gasteiger partial charge in [0.2, 0.25) is 0 Å². The molecule has 0 fully saturated rings. The van der Waals surface area contributed by atoms with Gasteiger partial charge in [0.15, 0.2) is 0 Å². The van der Waals surface area contributed by atoms with Crippen molar-refractivity contribution in [3.63, 3.8) is 0 Å². The highest BCUT2D eigenvalue weighted by molar-refractivity contribution is 5.70. The molecule has 4 aromatic rings. The van der Waals surface area contributed by atoms with Crippen LogP contribution in [0.25, 0.3) is 22.3 Å². The molecule has 0 amide bonds. The molecule has 0 unspecified atom stereocenters. The lowest BCUT2D eigenvalue weighted by Gasteiger charge is -2.12. The summed E-state index contributed by atoms with van der Waals surface area (Å²) in [6.45, 7) is 4.99. The summed E-state index contributed by atoms with van der Waals surface area (Å²) in [5.74, 6) is 1.44. The van der Waals surface area contributed by atoms with Crippen LogP contribution in [0.5, 0.6) is 5.75 Å². The second-order valence-corrected chi connectivity index (χ2v) is 7.75. The predicted octanol–water partition coefficient (Wildman–Crippen LogP) is 7.77. The lowest BCUT2D eigenvalue weighted by molar-refractivity contribution is 0.340. The van der Waals surface area contributed by atoms with E-state index in [1.165, 1.54) is 33.4 Å². The quantitative estimate of drug-likeness (QED) is 0.312. The van der Waals surface area contributed by atoms with Crippen molar-refractivity contribution in [2.45, 2.75) is 26.2 Å². The molecule has 0 saturated carbocycles. The van der Waals surface area contributed by atoms with Crippen LogP contribution in [-0.2, 0) is 6.42 Å². The largest absolute Gasteiger partial charge is 0.494 e. The van der Waals surface area contributed by atoms with Gasteiger partial charge in [-0.1, -0.05) is 97.9 Å². The van der Waals surface area contributed by atoms with Crippen LogP contribution < -0.4 is 4.74 Å². The topological polar surface area (TPSA) is 9.23 Å². The van der Waals surface area contributed by atoms with E-state index in [0.717, 1.165) is 12.2 Å². The van der Waals surface area contributed by atoms with Crippen LogP contribution in [0.1, 0.15) is 30.9 Å². The minimum absolute atomic E-state index is 0.519. The van der Waals surface area contributed by atoms with Crippen molar-refractivity contribution in [2.75, 3.05) is 6.61 Å². The summed E-state index contributed by atoms with van der Waals surface area (Å²) in [4.78, 5) is 0. The van der Waals surface area contributed by atoms with Crippen LogP contribution >= 0.6 is 0 Å². The fourth-order valence-electron chi connectivity index (χ4n) is 3.85. The lowest BCUT2D eigenvalue weighted by Crippen LogP contribution is -1.98. The zero-order valence-electron chi connectivity index (χ0n) is 17.7. The van der Waals surface area contributed by atoms with Crippen molar-refractivity contribution in [3.05, 3.63) is 114 Å². The molecule has 0 spiro atoms. The highest BCUT2D eigenvalue weighted by Gasteiger charge is 2.07. The number of hydrogen-bond acceptors (Lipinski definition) is 1. The molecule has 0 bridgehead atoms. The molecule has 1 atom stereocenters. The Hall–Kier alpha value is -3.32. The first-order valence-electron chi connectivity index (χ1n) is 10.7. The first kappa shape index (κ1) is 20.0. The molecule has 0 N–H and O–H groups in total. The number of ether oxygens (including phenoxy) is 1. The Bertz CT molecular complexity index is 1050. The summed E-state index contributed by atoms with van der Waals surface area (Å²) in [6, 6.07) is 36.8. The van der Waals surface area contributed by atoms with E-state index in [2.05, 4.69) is 97.9 Å². The number of benzene rings is 4. The maximum absolute atomic E-state index is 5.53. The Kier molecular flexibility index (Phi) is 6.29. The van der Waals surface area contributed by atoms with Gasteiger partial charge >= 0.3 is 0 Å². The van der Waals surface area contributed by atoms with E-state index in [1.807, 2.05) is 19.1 Å². The molecule has 150 valence electrons. The van der Waals surface area contributed by atoms with Crippen molar-refractivity contribution in [2.24, 2.45) is 0 Å². The first-order valence-corrected chi connectivity index (χ1v) is 10.7. The third kappa shape index (κ3) is 4.80. The molecule has 1 nitrogen and oxygen atoms in total. The molecule has 30 heavy (non-hydrogen) atoms. The van der Waals surface area contributed by atoms with Gasteiger partial charge in [0.25, 0.3) is 0 Å². The summed E-state index contributed by atoms with van der Waals surface area (Å²) in [6.07, 6.45) is 1.06. The summed E-state index contributed by atoms with van der Waals surface area (Å²) in [5.41, 5.74) is 7.69. The molecule has 0 aliphatic heterocycles. The maximum Gasteiger partial charge on any atom is 0.119 e. The molecule has 4 aromatic carbocycles. The van der Waals surface area contributed by atoms with E-state index in [1.54, 1.807) is 0 Å². The summed E-state index contributed by atoms with van der Waals surface area (Å²) in [7, 11) is 0. The Labute approximate surface area is 180 Å².